The highest BCUT2D eigenvalue weighted by atomic mass is 35.5. The predicted molar refractivity (Wildman–Crippen MR) is 93.1 cm³/mol. The van der Waals surface area contributed by atoms with Crippen LogP contribution in [0, 0.1) is 6.92 Å². The Balaban J connectivity index is 1.82. The zero-order chi connectivity index (χ0) is 15.3. The molecule has 0 spiro atoms. The molecule has 0 bridgehead atoms. The monoisotopic (exact) mass is 312 g/mol. The van der Waals surface area contributed by atoms with Crippen molar-refractivity contribution in [2.75, 3.05) is 0 Å². The van der Waals surface area contributed by atoms with Crippen LogP contribution in [0.5, 0.6) is 0 Å². The first kappa shape index (κ1) is 18.5. The lowest BCUT2D eigenvalue weighted by Gasteiger charge is -2.02. The largest absolute Gasteiger partial charge is 0.345 e. The van der Waals surface area contributed by atoms with E-state index in [9.17, 15) is 0 Å². The Kier molecular flexibility index (Phi) is 10.7. The SMILES string of the molecule is CCCCCCCCCCCCCCc1nc(Cl)c(C)[nH]1. The number of hydrogen-bond donors (Lipinski definition) is 1. The Hall–Kier alpha value is -0.500. The lowest BCUT2D eigenvalue weighted by molar-refractivity contribution is 0.543. The summed E-state index contributed by atoms with van der Waals surface area (Å²) in [5.74, 6) is 1.05. The van der Waals surface area contributed by atoms with Gasteiger partial charge in [-0.3, -0.25) is 0 Å². The molecule has 0 radical (unpaired) electrons. The van der Waals surface area contributed by atoms with Crippen LogP contribution in [0.4, 0.5) is 0 Å². The van der Waals surface area contributed by atoms with Crippen LogP contribution in [0.3, 0.4) is 0 Å². The van der Waals surface area contributed by atoms with E-state index in [0.717, 1.165) is 17.9 Å². The average molecular weight is 313 g/mol. The fraction of sp³-hybridized carbons (Fsp3) is 0.833. The molecule has 0 atom stereocenters. The van der Waals surface area contributed by atoms with Crippen LogP contribution in [0.15, 0.2) is 0 Å². The Morgan fingerprint density at radius 1 is 0.810 bits per heavy atom. The minimum atomic E-state index is 0.629. The Bertz CT molecular complexity index is 341. The van der Waals surface area contributed by atoms with Gasteiger partial charge in [-0.25, -0.2) is 4.98 Å². The summed E-state index contributed by atoms with van der Waals surface area (Å²) in [5.41, 5.74) is 0.991. The number of halogens is 1. The number of aromatic amines is 1. The van der Waals surface area contributed by atoms with Crippen molar-refractivity contribution < 1.29 is 0 Å². The molecule has 0 aliphatic rings. The van der Waals surface area contributed by atoms with Gasteiger partial charge in [-0.2, -0.15) is 0 Å². The van der Waals surface area contributed by atoms with E-state index in [4.69, 9.17) is 11.6 Å². The molecule has 0 saturated carbocycles. The fourth-order valence-electron chi connectivity index (χ4n) is 2.75. The second-order valence-electron chi connectivity index (χ2n) is 6.24. The molecule has 21 heavy (non-hydrogen) atoms. The first-order valence-corrected chi connectivity index (χ1v) is 9.32. The molecule has 0 amide bonds. The number of H-pyrrole nitrogens is 1. The van der Waals surface area contributed by atoms with E-state index in [0.29, 0.717) is 5.15 Å². The van der Waals surface area contributed by atoms with E-state index in [1.54, 1.807) is 0 Å². The van der Waals surface area contributed by atoms with Crippen molar-refractivity contribution in [3.05, 3.63) is 16.7 Å². The predicted octanol–water partition coefficient (Wildman–Crippen LogP) is 6.62. The maximum Gasteiger partial charge on any atom is 0.150 e. The van der Waals surface area contributed by atoms with Gasteiger partial charge in [0.15, 0.2) is 0 Å². The summed E-state index contributed by atoms with van der Waals surface area (Å²) < 4.78 is 0. The van der Waals surface area contributed by atoms with Crippen molar-refractivity contribution in [1.29, 1.82) is 0 Å². The third-order valence-corrected chi connectivity index (χ3v) is 4.51. The molecule has 1 aromatic rings. The highest BCUT2D eigenvalue weighted by Crippen LogP contribution is 2.15. The molecule has 1 rings (SSSR count). The van der Waals surface area contributed by atoms with Gasteiger partial charge in [0.1, 0.15) is 11.0 Å². The highest BCUT2D eigenvalue weighted by Gasteiger charge is 2.03. The number of nitrogens with one attached hydrogen (secondary N) is 1. The zero-order valence-corrected chi connectivity index (χ0v) is 14.8. The van der Waals surface area contributed by atoms with Crippen molar-refractivity contribution in [2.24, 2.45) is 0 Å². The van der Waals surface area contributed by atoms with Crippen LogP contribution in [-0.2, 0) is 6.42 Å². The molecule has 0 fully saturated rings. The van der Waals surface area contributed by atoms with Crippen molar-refractivity contribution in [3.63, 3.8) is 0 Å². The van der Waals surface area contributed by atoms with Gasteiger partial charge in [0, 0.05) is 6.42 Å². The molecule has 0 aliphatic carbocycles. The molecule has 122 valence electrons. The Morgan fingerprint density at radius 3 is 1.71 bits per heavy atom. The maximum atomic E-state index is 5.94. The van der Waals surface area contributed by atoms with E-state index in [1.165, 1.54) is 77.0 Å². The van der Waals surface area contributed by atoms with Crippen molar-refractivity contribution in [3.8, 4) is 0 Å². The van der Waals surface area contributed by atoms with E-state index < -0.39 is 0 Å². The normalized spacial score (nSPS) is 11.2. The number of imidazole rings is 1. The van der Waals surface area contributed by atoms with Gasteiger partial charge < -0.3 is 4.98 Å². The third kappa shape index (κ3) is 9.18. The van der Waals surface area contributed by atoms with Gasteiger partial charge in [-0.05, 0) is 13.3 Å². The van der Waals surface area contributed by atoms with Crippen LogP contribution >= 0.6 is 11.6 Å². The van der Waals surface area contributed by atoms with E-state index in [-0.39, 0.29) is 0 Å². The maximum absolute atomic E-state index is 5.94. The van der Waals surface area contributed by atoms with Gasteiger partial charge in [0.05, 0.1) is 5.69 Å². The van der Waals surface area contributed by atoms with Crippen LogP contribution in [-0.4, -0.2) is 9.97 Å². The number of rotatable bonds is 13. The molecule has 1 heterocycles. The lowest BCUT2D eigenvalue weighted by atomic mass is 10.0. The quantitative estimate of drug-likeness (QED) is 0.407. The van der Waals surface area contributed by atoms with E-state index >= 15 is 0 Å². The van der Waals surface area contributed by atoms with E-state index in [1.807, 2.05) is 6.92 Å². The fourth-order valence-corrected chi connectivity index (χ4v) is 2.90. The second kappa shape index (κ2) is 12.1. The summed E-state index contributed by atoms with van der Waals surface area (Å²) in [6.45, 7) is 4.25. The number of nitrogens with zero attached hydrogens (tertiary/aromatic N) is 1. The van der Waals surface area contributed by atoms with Crippen LogP contribution < -0.4 is 0 Å². The minimum absolute atomic E-state index is 0.629. The third-order valence-electron chi connectivity index (χ3n) is 4.14. The standard InChI is InChI=1S/C18H33ClN2/c1-3-4-5-6-7-8-9-10-11-12-13-14-15-17-20-16(2)18(19)21-17/h3-15H2,1-2H3,(H,20,21). The molecule has 3 heteroatoms. The minimum Gasteiger partial charge on any atom is -0.345 e. The number of hydrogen-bond acceptors (Lipinski definition) is 1. The molecule has 1 aromatic heterocycles. The van der Waals surface area contributed by atoms with Crippen molar-refractivity contribution >= 4 is 11.6 Å². The Labute approximate surface area is 136 Å². The van der Waals surface area contributed by atoms with Gasteiger partial charge >= 0.3 is 0 Å². The molecular formula is C18H33ClN2. The molecule has 0 aromatic carbocycles. The summed E-state index contributed by atoms with van der Waals surface area (Å²) in [4.78, 5) is 7.55. The number of aromatic nitrogens is 2. The van der Waals surface area contributed by atoms with Crippen molar-refractivity contribution in [1.82, 2.24) is 9.97 Å². The number of unbranched alkanes of at least 4 members (excludes halogenated alkanes) is 11. The van der Waals surface area contributed by atoms with E-state index in [2.05, 4.69) is 16.9 Å². The first-order valence-electron chi connectivity index (χ1n) is 8.95. The molecule has 1 N–H and O–H groups in total. The van der Waals surface area contributed by atoms with Crippen LogP contribution in [0.25, 0.3) is 0 Å². The summed E-state index contributed by atoms with van der Waals surface area (Å²) in [5, 5.41) is 0.629. The lowest BCUT2D eigenvalue weighted by Crippen LogP contribution is -1.89. The topological polar surface area (TPSA) is 28.7 Å². The molecular weight excluding hydrogens is 280 g/mol. The van der Waals surface area contributed by atoms with Gasteiger partial charge in [-0.1, -0.05) is 89.2 Å². The summed E-state index contributed by atoms with van der Waals surface area (Å²) in [6.07, 6.45) is 17.7. The smallest absolute Gasteiger partial charge is 0.150 e. The molecule has 0 aliphatic heterocycles. The van der Waals surface area contributed by atoms with Crippen LogP contribution in [0.2, 0.25) is 5.15 Å². The highest BCUT2D eigenvalue weighted by molar-refractivity contribution is 6.30. The first-order chi connectivity index (χ1) is 10.2. The number of aryl methyl sites for hydroxylation is 2. The molecule has 0 unspecified atom stereocenters. The van der Waals surface area contributed by atoms with Gasteiger partial charge in [0.25, 0.3) is 0 Å². The zero-order valence-electron chi connectivity index (χ0n) is 14.0. The van der Waals surface area contributed by atoms with Gasteiger partial charge in [0.2, 0.25) is 0 Å². The Morgan fingerprint density at radius 2 is 1.29 bits per heavy atom. The van der Waals surface area contributed by atoms with Crippen LogP contribution in [0.1, 0.15) is 95.5 Å². The molecule has 2 nitrogen and oxygen atoms in total. The molecule has 0 saturated heterocycles. The summed E-state index contributed by atoms with van der Waals surface area (Å²) in [6, 6.07) is 0. The average Bonchev–Trinajstić information content (AvgIpc) is 2.79. The van der Waals surface area contributed by atoms with Crippen molar-refractivity contribution in [2.45, 2.75) is 97.3 Å². The summed E-state index contributed by atoms with van der Waals surface area (Å²) >= 11 is 5.94. The summed E-state index contributed by atoms with van der Waals surface area (Å²) in [7, 11) is 0. The second-order valence-corrected chi connectivity index (χ2v) is 6.60. The van der Waals surface area contributed by atoms with Gasteiger partial charge in [-0.15, -0.1) is 0 Å².